The van der Waals surface area contributed by atoms with Gasteiger partial charge in [-0.25, -0.2) is 4.68 Å². The maximum atomic E-state index is 12.8. The van der Waals surface area contributed by atoms with Crippen LogP contribution >= 0.6 is 11.8 Å². The van der Waals surface area contributed by atoms with Crippen LogP contribution in [0.1, 0.15) is 29.4 Å². The number of benzene rings is 2. The van der Waals surface area contributed by atoms with Gasteiger partial charge < -0.3 is 9.88 Å². The van der Waals surface area contributed by atoms with Crippen LogP contribution in [0.15, 0.2) is 53.7 Å². The van der Waals surface area contributed by atoms with Gasteiger partial charge in [0, 0.05) is 12.1 Å². The molecule has 0 radical (unpaired) electrons. The zero-order valence-electron chi connectivity index (χ0n) is 19.6. The van der Waals surface area contributed by atoms with E-state index in [4.69, 9.17) is 0 Å². The third-order valence-electron chi connectivity index (χ3n) is 5.48. The molecule has 0 unspecified atom stereocenters. The average Bonchev–Trinajstić information content (AvgIpc) is 3.34. The molecule has 1 N–H and O–H groups in total. The van der Waals surface area contributed by atoms with E-state index < -0.39 is 0 Å². The Balaban J connectivity index is 1.47. The minimum absolute atomic E-state index is 0.0996. The summed E-state index contributed by atoms with van der Waals surface area (Å²) in [7, 11) is 0. The second kappa shape index (κ2) is 9.62. The van der Waals surface area contributed by atoms with Gasteiger partial charge in [0.05, 0.1) is 28.5 Å². The highest BCUT2D eigenvalue weighted by molar-refractivity contribution is 7.99. The number of rotatable bonds is 7. The van der Waals surface area contributed by atoms with E-state index in [0.717, 1.165) is 45.9 Å². The Kier molecular flexibility index (Phi) is 6.65. The number of carbonyl (C=O) groups is 1. The molecule has 0 aliphatic heterocycles. The van der Waals surface area contributed by atoms with E-state index in [1.165, 1.54) is 22.9 Å². The van der Waals surface area contributed by atoms with Gasteiger partial charge in [0.15, 0.2) is 11.0 Å². The number of amides is 1. The zero-order chi connectivity index (χ0) is 23.5. The van der Waals surface area contributed by atoms with E-state index in [-0.39, 0.29) is 11.7 Å². The van der Waals surface area contributed by atoms with Crippen molar-refractivity contribution < 1.29 is 4.79 Å². The van der Waals surface area contributed by atoms with Crippen molar-refractivity contribution in [1.29, 1.82) is 0 Å². The molecule has 8 heteroatoms. The highest BCUT2D eigenvalue weighted by atomic mass is 32.2. The average molecular weight is 461 g/mol. The Morgan fingerprint density at radius 1 is 1.00 bits per heavy atom. The standard InChI is InChI=1S/C25H28N6OS/c1-6-30-24(20-9-7-8-17(3)14-20)27-28-25(30)33-15-22(32)26-23-18(4)29-31(19(23)5)21-12-10-16(2)11-13-21/h7-14H,6,15H2,1-5H3,(H,26,32). The molecule has 0 aliphatic rings. The normalized spacial score (nSPS) is 11.1. The van der Waals surface area contributed by atoms with Crippen molar-refractivity contribution in [2.24, 2.45) is 0 Å². The van der Waals surface area contributed by atoms with E-state index in [1.54, 1.807) is 0 Å². The van der Waals surface area contributed by atoms with Crippen LogP contribution < -0.4 is 5.32 Å². The van der Waals surface area contributed by atoms with Crippen molar-refractivity contribution in [3.63, 3.8) is 0 Å². The molecule has 0 spiro atoms. The fourth-order valence-electron chi connectivity index (χ4n) is 3.74. The third-order valence-corrected chi connectivity index (χ3v) is 6.44. The Bertz CT molecular complexity index is 1290. The van der Waals surface area contributed by atoms with Gasteiger partial charge in [0.1, 0.15) is 0 Å². The second-order valence-electron chi connectivity index (χ2n) is 8.05. The lowest BCUT2D eigenvalue weighted by Gasteiger charge is -2.09. The van der Waals surface area contributed by atoms with Crippen LogP contribution in [-0.4, -0.2) is 36.2 Å². The van der Waals surface area contributed by atoms with Crippen molar-refractivity contribution in [3.05, 3.63) is 71.0 Å². The molecule has 4 rings (SSSR count). The summed E-state index contributed by atoms with van der Waals surface area (Å²) in [4.78, 5) is 12.8. The van der Waals surface area contributed by atoms with Gasteiger partial charge in [-0.3, -0.25) is 4.79 Å². The lowest BCUT2D eigenvalue weighted by atomic mass is 10.1. The number of hydrogen-bond acceptors (Lipinski definition) is 5. The van der Waals surface area contributed by atoms with Crippen molar-refractivity contribution in [2.45, 2.75) is 46.3 Å². The number of anilines is 1. The van der Waals surface area contributed by atoms with Crippen molar-refractivity contribution in [1.82, 2.24) is 24.5 Å². The first-order valence-electron chi connectivity index (χ1n) is 10.9. The largest absolute Gasteiger partial charge is 0.322 e. The summed E-state index contributed by atoms with van der Waals surface area (Å²) in [6.45, 7) is 10.8. The molecule has 170 valence electrons. The van der Waals surface area contributed by atoms with E-state index >= 15 is 0 Å². The molecule has 33 heavy (non-hydrogen) atoms. The molecule has 7 nitrogen and oxygen atoms in total. The molecule has 2 aromatic carbocycles. The zero-order valence-corrected chi connectivity index (χ0v) is 20.4. The number of nitrogens with one attached hydrogen (secondary N) is 1. The summed E-state index contributed by atoms with van der Waals surface area (Å²) in [6, 6.07) is 16.3. The van der Waals surface area contributed by atoms with Gasteiger partial charge >= 0.3 is 0 Å². The quantitative estimate of drug-likeness (QED) is 0.388. The summed E-state index contributed by atoms with van der Waals surface area (Å²) in [5.74, 6) is 0.952. The highest BCUT2D eigenvalue weighted by Gasteiger charge is 2.18. The monoisotopic (exact) mass is 460 g/mol. The Morgan fingerprint density at radius 2 is 1.76 bits per heavy atom. The summed E-state index contributed by atoms with van der Waals surface area (Å²) in [5.41, 5.74) is 6.78. The van der Waals surface area contributed by atoms with Crippen molar-refractivity contribution in [2.75, 3.05) is 11.1 Å². The topological polar surface area (TPSA) is 77.6 Å². The Labute approximate surface area is 198 Å². The van der Waals surface area contributed by atoms with Crippen LogP contribution in [0.25, 0.3) is 17.1 Å². The lowest BCUT2D eigenvalue weighted by molar-refractivity contribution is -0.113. The summed E-state index contributed by atoms with van der Waals surface area (Å²) in [5, 5.41) is 17.1. The van der Waals surface area contributed by atoms with Gasteiger partial charge in [0.2, 0.25) is 5.91 Å². The first-order chi connectivity index (χ1) is 15.9. The van der Waals surface area contributed by atoms with Gasteiger partial charge in [-0.05, 0) is 52.8 Å². The van der Waals surface area contributed by atoms with Crippen molar-refractivity contribution >= 4 is 23.4 Å². The highest BCUT2D eigenvalue weighted by Crippen LogP contribution is 2.26. The molecule has 4 aromatic rings. The number of nitrogens with zero attached hydrogens (tertiary/aromatic N) is 5. The van der Waals surface area contributed by atoms with E-state index in [9.17, 15) is 4.79 Å². The van der Waals surface area contributed by atoms with Crippen LogP contribution in [0.4, 0.5) is 5.69 Å². The SMILES string of the molecule is CCn1c(SCC(=O)Nc2c(C)nn(-c3ccc(C)cc3)c2C)nnc1-c1cccc(C)c1. The van der Waals surface area contributed by atoms with Gasteiger partial charge in [-0.1, -0.05) is 53.2 Å². The maximum absolute atomic E-state index is 12.8. The van der Waals surface area contributed by atoms with Gasteiger partial charge in [0.25, 0.3) is 0 Å². The van der Waals surface area contributed by atoms with Gasteiger partial charge in [-0.2, -0.15) is 5.10 Å². The van der Waals surface area contributed by atoms with E-state index in [2.05, 4.69) is 65.6 Å². The van der Waals surface area contributed by atoms with Gasteiger partial charge in [-0.15, -0.1) is 10.2 Å². The molecular formula is C25H28N6OS. The molecular weight excluding hydrogens is 432 g/mol. The molecule has 0 aliphatic carbocycles. The molecule has 0 bridgehead atoms. The number of thioether (sulfide) groups is 1. The van der Waals surface area contributed by atoms with E-state index in [1.807, 2.05) is 47.4 Å². The first kappa shape index (κ1) is 22.8. The molecule has 0 atom stereocenters. The van der Waals surface area contributed by atoms with Crippen LogP contribution in [0.2, 0.25) is 0 Å². The predicted molar refractivity (Wildman–Crippen MR) is 133 cm³/mol. The Morgan fingerprint density at radius 3 is 2.45 bits per heavy atom. The van der Waals surface area contributed by atoms with Crippen LogP contribution in [0.5, 0.6) is 0 Å². The predicted octanol–water partition coefficient (Wildman–Crippen LogP) is 5.12. The molecule has 2 heterocycles. The van der Waals surface area contributed by atoms with Crippen LogP contribution in [0.3, 0.4) is 0 Å². The first-order valence-corrected chi connectivity index (χ1v) is 11.9. The number of aromatic nitrogens is 5. The minimum atomic E-state index is -0.0996. The lowest BCUT2D eigenvalue weighted by Crippen LogP contribution is -2.16. The second-order valence-corrected chi connectivity index (χ2v) is 8.99. The number of carbonyl (C=O) groups excluding carboxylic acids is 1. The number of aryl methyl sites for hydroxylation is 3. The molecule has 0 saturated carbocycles. The summed E-state index contributed by atoms with van der Waals surface area (Å²) in [6.07, 6.45) is 0. The van der Waals surface area contributed by atoms with Crippen molar-refractivity contribution in [3.8, 4) is 17.1 Å². The molecule has 0 saturated heterocycles. The third kappa shape index (κ3) is 4.85. The Hall–Kier alpha value is -3.39. The smallest absolute Gasteiger partial charge is 0.234 e. The minimum Gasteiger partial charge on any atom is -0.322 e. The molecule has 1 amide bonds. The summed E-state index contributed by atoms with van der Waals surface area (Å²) >= 11 is 1.39. The van der Waals surface area contributed by atoms with Crippen LogP contribution in [-0.2, 0) is 11.3 Å². The molecule has 0 fully saturated rings. The number of hydrogen-bond donors (Lipinski definition) is 1. The fourth-order valence-corrected chi connectivity index (χ4v) is 4.55. The van der Waals surface area contributed by atoms with E-state index in [0.29, 0.717) is 0 Å². The maximum Gasteiger partial charge on any atom is 0.234 e. The van der Waals surface area contributed by atoms with Crippen LogP contribution in [0, 0.1) is 27.7 Å². The summed E-state index contributed by atoms with van der Waals surface area (Å²) < 4.78 is 3.90. The molecule has 2 aromatic heterocycles. The fraction of sp³-hybridized carbons (Fsp3) is 0.280.